The smallest absolute Gasteiger partial charge is 0.267 e. The van der Waals surface area contributed by atoms with Gasteiger partial charge in [-0.15, -0.1) is 0 Å². The van der Waals surface area contributed by atoms with E-state index in [2.05, 4.69) is 23.5 Å². The second-order valence-electron chi connectivity index (χ2n) is 4.82. The molecule has 2 aromatic rings. The van der Waals surface area contributed by atoms with Gasteiger partial charge in [0.1, 0.15) is 0 Å². The Hall–Kier alpha value is -2.42. The van der Waals surface area contributed by atoms with Crippen molar-refractivity contribution in [3.8, 4) is 0 Å². The van der Waals surface area contributed by atoms with E-state index >= 15 is 0 Å². The van der Waals surface area contributed by atoms with Crippen molar-refractivity contribution in [2.24, 2.45) is 5.10 Å². The lowest BCUT2D eigenvalue weighted by atomic mass is 10.0. The predicted molar refractivity (Wildman–Crippen MR) is 82.0 cm³/mol. The average molecular weight is 266 g/mol. The summed E-state index contributed by atoms with van der Waals surface area (Å²) in [5.41, 5.74) is 7.40. The Bertz CT molecular complexity index is 645. The van der Waals surface area contributed by atoms with Crippen molar-refractivity contribution >= 4 is 11.6 Å². The van der Waals surface area contributed by atoms with Crippen LogP contribution in [0.25, 0.3) is 0 Å². The number of hydrogen-bond donors (Lipinski definition) is 1. The molecule has 0 radical (unpaired) electrons. The third kappa shape index (κ3) is 3.32. The molecule has 0 saturated heterocycles. The van der Waals surface area contributed by atoms with Gasteiger partial charge in [0, 0.05) is 11.1 Å². The zero-order chi connectivity index (χ0) is 14.5. The maximum absolute atomic E-state index is 11.9. The molecule has 0 heterocycles. The Labute approximate surface area is 119 Å². The van der Waals surface area contributed by atoms with E-state index in [1.54, 1.807) is 12.1 Å². The van der Waals surface area contributed by atoms with Crippen LogP contribution in [-0.2, 0) is 0 Å². The first kappa shape index (κ1) is 14.0. The van der Waals surface area contributed by atoms with E-state index in [9.17, 15) is 4.79 Å². The average Bonchev–Trinajstić information content (AvgIpc) is 2.45. The summed E-state index contributed by atoms with van der Waals surface area (Å²) in [4.78, 5) is 11.9. The van der Waals surface area contributed by atoms with E-state index in [4.69, 9.17) is 0 Å². The number of aryl methyl sites for hydroxylation is 2. The number of nitrogens with one attached hydrogen (secondary N) is 1. The van der Waals surface area contributed by atoms with Crippen molar-refractivity contribution < 1.29 is 4.79 Å². The normalized spacial score (nSPS) is 11.2. The predicted octanol–water partition coefficient (Wildman–Crippen LogP) is 3.46. The Morgan fingerprint density at radius 2 is 1.75 bits per heavy atom. The highest BCUT2D eigenvalue weighted by atomic mass is 16.2. The topological polar surface area (TPSA) is 41.5 Å². The van der Waals surface area contributed by atoms with Crippen molar-refractivity contribution in [3.05, 3.63) is 70.8 Å². The highest BCUT2D eigenvalue weighted by Gasteiger charge is 2.05. The molecule has 102 valence electrons. The van der Waals surface area contributed by atoms with Crippen molar-refractivity contribution in [1.29, 1.82) is 0 Å². The first-order valence-electron chi connectivity index (χ1n) is 6.55. The molecule has 0 spiro atoms. The molecule has 0 bridgehead atoms. The Balaban J connectivity index is 2.13. The Morgan fingerprint density at radius 1 is 1.05 bits per heavy atom. The summed E-state index contributed by atoms with van der Waals surface area (Å²) in [6, 6.07) is 15.2. The third-order valence-electron chi connectivity index (χ3n) is 3.13. The van der Waals surface area contributed by atoms with E-state index in [-0.39, 0.29) is 5.91 Å². The van der Waals surface area contributed by atoms with Gasteiger partial charge in [-0.3, -0.25) is 4.79 Å². The molecule has 1 N–H and O–H groups in total. The maximum Gasteiger partial charge on any atom is 0.271 e. The van der Waals surface area contributed by atoms with Crippen LogP contribution in [0.3, 0.4) is 0 Å². The summed E-state index contributed by atoms with van der Waals surface area (Å²) in [6.45, 7) is 5.99. The van der Waals surface area contributed by atoms with Gasteiger partial charge in [-0.2, -0.15) is 5.10 Å². The number of carbonyl (C=O) groups excluding carboxylic acids is 1. The van der Waals surface area contributed by atoms with Gasteiger partial charge in [-0.1, -0.05) is 42.0 Å². The molecule has 3 nitrogen and oxygen atoms in total. The fourth-order valence-electron chi connectivity index (χ4n) is 2.07. The van der Waals surface area contributed by atoms with E-state index in [1.807, 2.05) is 44.2 Å². The van der Waals surface area contributed by atoms with Crippen molar-refractivity contribution in [2.45, 2.75) is 20.8 Å². The number of hydrazone groups is 1. The molecule has 0 fully saturated rings. The quantitative estimate of drug-likeness (QED) is 0.671. The number of carbonyl (C=O) groups is 1. The van der Waals surface area contributed by atoms with E-state index in [1.165, 1.54) is 5.56 Å². The van der Waals surface area contributed by atoms with Crippen LogP contribution in [0.2, 0.25) is 0 Å². The Morgan fingerprint density at radius 3 is 2.40 bits per heavy atom. The summed E-state index contributed by atoms with van der Waals surface area (Å²) in [7, 11) is 0. The van der Waals surface area contributed by atoms with Crippen LogP contribution in [0.1, 0.15) is 34.0 Å². The zero-order valence-electron chi connectivity index (χ0n) is 12.0. The molecule has 3 heteroatoms. The van der Waals surface area contributed by atoms with Gasteiger partial charge in [0.05, 0.1) is 5.71 Å². The fraction of sp³-hybridized carbons (Fsp3) is 0.176. The second kappa shape index (κ2) is 6.15. The number of amides is 1. The van der Waals surface area contributed by atoms with E-state index < -0.39 is 0 Å². The number of rotatable bonds is 3. The SMILES string of the molecule is CC(=NNC(=O)c1ccccc1)c1ccc(C)cc1C. The van der Waals surface area contributed by atoms with Crippen molar-refractivity contribution in [2.75, 3.05) is 0 Å². The summed E-state index contributed by atoms with van der Waals surface area (Å²) in [5, 5.41) is 4.18. The molecule has 2 aromatic carbocycles. The van der Waals surface area contributed by atoms with Crippen LogP contribution in [0.5, 0.6) is 0 Å². The molecular weight excluding hydrogens is 248 g/mol. The summed E-state index contributed by atoms with van der Waals surface area (Å²) < 4.78 is 0. The van der Waals surface area contributed by atoms with Crippen LogP contribution in [-0.4, -0.2) is 11.6 Å². The minimum atomic E-state index is -0.199. The number of nitrogens with zero attached hydrogens (tertiary/aromatic N) is 1. The van der Waals surface area contributed by atoms with Gasteiger partial charge in [0.2, 0.25) is 0 Å². The van der Waals surface area contributed by atoms with E-state index in [0.717, 1.165) is 16.8 Å². The molecule has 0 saturated carbocycles. The highest BCUT2D eigenvalue weighted by Crippen LogP contribution is 2.11. The number of benzene rings is 2. The molecule has 2 rings (SSSR count). The monoisotopic (exact) mass is 266 g/mol. The van der Waals surface area contributed by atoms with Gasteiger partial charge >= 0.3 is 0 Å². The number of hydrogen-bond acceptors (Lipinski definition) is 2. The van der Waals surface area contributed by atoms with Gasteiger partial charge < -0.3 is 0 Å². The van der Waals surface area contributed by atoms with Crippen LogP contribution in [0.15, 0.2) is 53.6 Å². The van der Waals surface area contributed by atoms with Crippen LogP contribution in [0, 0.1) is 13.8 Å². The maximum atomic E-state index is 11.9. The lowest BCUT2D eigenvalue weighted by Gasteiger charge is -2.07. The Kier molecular flexibility index (Phi) is 4.31. The molecule has 0 aliphatic rings. The standard InChI is InChI=1S/C17H18N2O/c1-12-9-10-16(13(2)11-12)14(3)18-19-17(20)15-7-5-4-6-8-15/h4-11H,1-3H3,(H,19,20). The third-order valence-corrected chi connectivity index (χ3v) is 3.13. The molecule has 0 atom stereocenters. The van der Waals surface area contributed by atoms with Gasteiger partial charge in [0.15, 0.2) is 0 Å². The van der Waals surface area contributed by atoms with Crippen LogP contribution in [0.4, 0.5) is 0 Å². The first-order chi connectivity index (χ1) is 9.58. The lowest BCUT2D eigenvalue weighted by Crippen LogP contribution is -2.19. The molecule has 0 aromatic heterocycles. The summed E-state index contributed by atoms with van der Waals surface area (Å²) in [5.74, 6) is -0.199. The second-order valence-corrected chi connectivity index (χ2v) is 4.82. The van der Waals surface area contributed by atoms with Gasteiger partial charge in [-0.25, -0.2) is 5.43 Å². The largest absolute Gasteiger partial charge is 0.271 e. The van der Waals surface area contributed by atoms with Crippen molar-refractivity contribution in [1.82, 2.24) is 5.43 Å². The minimum absolute atomic E-state index is 0.199. The first-order valence-corrected chi connectivity index (χ1v) is 6.55. The molecule has 0 aliphatic heterocycles. The van der Waals surface area contributed by atoms with Crippen LogP contribution < -0.4 is 5.43 Å². The minimum Gasteiger partial charge on any atom is -0.267 e. The summed E-state index contributed by atoms with van der Waals surface area (Å²) >= 11 is 0. The molecule has 20 heavy (non-hydrogen) atoms. The van der Waals surface area contributed by atoms with Gasteiger partial charge in [-0.05, 0) is 38.5 Å². The zero-order valence-corrected chi connectivity index (χ0v) is 12.0. The lowest BCUT2D eigenvalue weighted by molar-refractivity contribution is 0.0955. The fourth-order valence-corrected chi connectivity index (χ4v) is 2.07. The molecule has 0 aliphatic carbocycles. The van der Waals surface area contributed by atoms with Gasteiger partial charge in [0.25, 0.3) is 5.91 Å². The molecular formula is C17H18N2O. The highest BCUT2D eigenvalue weighted by molar-refractivity contribution is 6.01. The van der Waals surface area contributed by atoms with Crippen molar-refractivity contribution in [3.63, 3.8) is 0 Å². The molecule has 0 unspecified atom stereocenters. The van der Waals surface area contributed by atoms with E-state index in [0.29, 0.717) is 5.56 Å². The summed E-state index contributed by atoms with van der Waals surface area (Å²) in [6.07, 6.45) is 0. The molecule has 1 amide bonds. The van der Waals surface area contributed by atoms with Crippen LogP contribution >= 0.6 is 0 Å².